The number of aryl methyl sites for hydroxylation is 1. The minimum absolute atomic E-state index is 0.00681. The van der Waals surface area contributed by atoms with Gasteiger partial charge in [0.1, 0.15) is 11.5 Å². The summed E-state index contributed by atoms with van der Waals surface area (Å²) in [6, 6.07) is 11.4. The van der Waals surface area contributed by atoms with Crippen LogP contribution in [0.1, 0.15) is 28.9 Å². The number of ether oxygens (including phenoxy) is 1. The maximum absolute atomic E-state index is 14.9. The first kappa shape index (κ1) is 23.7. The second-order valence-corrected chi connectivity index (χ2v) is 8.90. The molecular formula is C24H25Cl2FN4O2. The molecule has 1 fully saturated rings. The molecule has 0 aliphatic carbocycles. The third-order valence-electron chi connectivity index (χ3n) is 5.70. The van der Waals surface area contributed by atoms with Gasteiger partial charge in [-0.3, -0.25) is 14.4 Å². The molecule has 0 bridgehead atoms. The molecule has 2 aromatic carbocycles. The highest BCUT2D eigenvalue weighted by Crippen LogP contribution is 2.32. The SMILES string of the molecule is CC1CN(C(CNC(=O)c2cn(C)nc2-c2ccccc2Cl)c2c(F)cccc2Cl)CCO1. The summed E-state index contributed by atoms with van der Waals surface area (Å²) in [5, 5.41) is 8.23. The Kier molecular flexibility index (Phi) is 7.34. The van der Waals surface area contributed by atoms with Gasteiger partial charge in [0.25, 0.3) is 5.91 Å². The molecule has 33 heavy (non-hydrogen) atoms. The van der Waals surface area contributed by atoms with Crippen LogP contribution < -0.4 is 5.32 Å². The van der Waals surface area contributed by atoms with Crippen LogP contribution in [0.3, 0.4) is 0 Å². The lowest BCUT2D eigenvalue weighted by atomic mass is 10.0. The summed E-state index contributed by atoms with van der Waals surface area (Å²) < 4.78 is 22.1. The average molecular weight is 491 g/mol. The normalized spacial score (nSPS) is 17.7. The maximum atomic E-state index is 14.9. The van der Waals surface area contributed by atoms with Crippen LogP contribution in [-0.4, -0.2) is 52.9 Å². The molecule has 0 saturated carbocycles. The van der Waals surface area contributed by atoms with E-state index in [1.165, 1.54) is 6.07 Å². The largest absolute Gasteiger partial charge is 0.376 e. The summed E-state index contributed by atoms with van der Waals surface area (Å²) in [6.45, 7) is 3.87. The number of hydrogen-bond acceptors (Lipinski definition) is 4. The van der Waals surface area contributed by atoms with Crippen LogP contribution in [0.25, 0.3) is 11.3 Å². The Hall–Kier alpha value is -2.45. The van der Waals surface area contributed by atoms with Crippen molar-refractivity contribution in [3.63, 3.8) is 0 Å². The first-order valence-corrected chi connectivity index (χ1v) is 11.5. The second kappa shape index (κ2) is 10.2. The van der Waals surface area contributed by atoms with Crippen LogP contribution in [0.4, 0.5) is 4.39 Å². The van der Waals surface area contributed by atoms with E-state index in [2.05, 4.69) is 15.3 Å². The Morgan fingerprint density at radius 3 is 2.73 bits per heavy atom. The van der Waals surface area contributed by atoms with Crippen molar-refractivity contribution in [1.29, 1.82) is 0 Å². The molecule has 2 unspecified atom stereocenters. The molecule has 2 heterocycles. The van der Waals surface area contributed by atoms with Crippen molar-refractivity contribution < 1.29 is 13.9 Å². The second-order valence-electron chi connectivity index (χ2n) is 8.08. The van der Waals surface area contributed by atoms with E-state index in [1.54, 1.807) is 36.1 Å². The molecule has 2 atom stereocenters. The molecule has 6 nitrogen and oxygen atoms in total. The van der Waals surface area contributed by atoms with Gasteiger partial charge in [0.05, 0.1) is 29.3 Å². The number of hydrogen-bond donors (Lipinski definition) is 1. The van der Waals surface area contributed by atoms with Crippen LogP contribution in [0.2, 0.25) is 10.0 Å². The molecule has 1 amide bonds. The van der Waals surface area contributed by atoms with Crippen LogP contribution >= 0.6 is 23.2 Å². The van der Waals surface area contributed by atoms with Gasteiger partial charge in [-0.1, -0.05) is 47.5 Å². The van der Waals surface area contributed by atoms with E-state index in [1.807, 2.05) is 25.1 Å². The molecule has 1 aliphatic rings. The predicted octanol–water partition coefficient (Wildman–Crippen LogP) is 4.72. The summed E-state index contributed by atoms with van der Waals surface area (Å²) in [5.74, 6) is -0.726. The molecule has 174 valence electrons. The molecule has 1 aromatic heterocycles. The first-order chi connectivity index (χ1) is 15.8. The van der Waals surface area contributed by atoms with E-state index < -0.39 is 11.9 Å². The highest BCUT2D eigenvalue weighted by molar-refractivity contribution is 6.33. The molecule has 0 radical (unpaired) electrons. The summed E-state index contributed by atoms with van der Waals surface area (Å²) in [7, 11) is 1.74. The van der Waals surface area contributed by atoms with Gasteiger partial charge < -0.3 is 10.1 Å². The minimum atomic E-state index is -0.450. The lowest BCUT2D eigenvalue weighted by Gasteiger charge is -2.38. The fourth-order valence-corrected chi connectivity index (χ4v) is 4.68. The van der Waals surface area contributed by atoms with Crippen molar-refractivity contribution in [1.82, 2.24) is 20.0 Å². The Balaban J connectivity index is 1.61. The van der Waals surface area contributed by atoms with Crippen molar-refractivity contribution in [3.8, 4) is 11.3 Å². The van der Waals surface area contributed by atoms with Gasteiger partial charge >= 0.3 is 0 Å². The molecule has 9 heteroatoms. The van der Waals surface area contributed by atoms with Gasteiger partial charge in [-0.15, -0.1) is 0 Å². The van der Waals surface area contributed by atoms with Crippen LogP contribution in [0, 0.1) is 5.82 Å². The predicted molar refractivity (Wildman–Crippen MR) is 127 cm³/mol. The summed E-state index contributed by atoms with van der Waals surface area (Å²) in [6.07, 6.45) is 1.64. The van der Waals surface area contributed by atoms with Gasteiger partial charge in [0.15, 0.2) is 0 Å². The number of carbonyl (C=O) groups excluding carboxylic acids is 1. The fourth-order valence-electron chi connectivity index (χ4n) is 4.16. The quantitative estimate of drug-likeness (QED) is 0.542. The van der Waals surface area contributed by atoms with E-state index in [0.717, 1.165) is 0 Å². The van der Waals surface area contributed by atoms with Crippen LogP contribution in [0.5, 0.6) is 0 Å². The van der Waals surface area contributed by atoms with E-state index >= 15 is 0 Å². The molecule has 1 aliphatic heterocycles. The smallest absolute Gasteiger partial charge is 0.255 e. The lowest BCUT2D eigenvalue weighted by Crippen LogP contribution is -2.47. The topological polar surface area (TPSA) is 59.4 Å². The van der Waals surface area contributed by atoms with Crippen LogP contribution in [0.15, 0.2) is 48.7 Å². The van der Waals surface area contributed by atoms with Gasteiger partial charge in [0, 0.05) is 49.0 Å². The molecule has 1 saturated heterocycles. The van der Waals surface area contributed by atoms with Gasteiger partial charge in [0.2, 0.25) is 0 Å². The van der Waals surface area contributed by atoms with E-state index in [4.69, 9.17) is 27.9 Å². The van der Waals surface area contributed by atoms with E-state index in [-0.39, 0.29) is 18.6 Å². The number of nitrogens with one attached hydrogen (secondary N) is 1. The zero-order chi connectivity index (χ0) is 23.5. The Bertz CT molecular complexity index is 1130. The van der Waals surface area contributed by atoms with E-state index in [0.29, 0.717) is 52.1 Å². The zero-order valence-electron chi connectivity index (χ0n) is 18.4. The molecule has 3 aromatic rings. The maximum Gasteiger partial charge on any atom is 0.255 e. The van der Waals surface area contributed by atoms with Crippen LogP contribution in [-0.2, 0) is 11.8 Å². The number of halogens is 3. The number of morpholine rings is 1. The standard InChI is InChI=1S/C24H25Cl2FN4O2/c1-15-13-31(10-11-33-15)21(22-19(26)8-5-9-20(22)27)12-28-24(32)17-14-30(2)29-23(17)16-6-3-4-7-18(16)25/h3-9,14-15,21H,10-13H2,1-2H3,(H,28,32). The summed E-state index contributed by atoms with van der Waals surface area (Å²) in [4.78, 5) is 15.3. The Labute approximate surface area is 202 Å². The molecular weight excluding hydrogens is 466 g/mol. The third kappa shape index (κ3) is 5.22. The summed E-state index contributed by atoms with van der Waals surface area (Å²) in [5.41, 5.74) is 1.91. The fraction of sp³-hybridized carbons (Fsp3) is 0.333. The number of nitrogens with zero attached hydrogens (tertiary/aromatic N) is 3. The minimum Gasteiger partial charge on any atom is -0.376 e. The monoisotopic (exact) mass is 490 g/mol. The summed E-state index contributed by atoms with van der Waals surface area (Å²) >= 11 is 12.7. The van der Waals surface area contributed by atoms with Gasteiger partial charge in [-0.05, 0) is 25.1 Å². The van der Waals surface area contributed by atoms with Crippen molar-refractivity contribution in [3.05, 3.63) is 75.7 Å². The third-order valence-corrected chi connectivity index (χ3v) is 6.36. The first-order valence-electron chi connectivity index (χ1n) is 10.7. The highest BCUT2D eigenvalue weighted by Gasteiger charge is 2.30. The zero-order valence-corrected chi connectivity index (χ0v) is 19.9. The number of amides is 1. The Morgan fingerprint density at radius 2 is 2.00 bits per heavy atom. The number of rotatable bonds is 6. The van der Waals surface area contributed by atoms with Crippen molar-refractivity contribution in [2.75, 3.05) is 26.2 Å². The number of benzene rings is 2. The van der Waals surface area contributed by atoms with Crippen molar-refractivity contribution in [2.45, 2.75) is 19.1 Å². The number of aromatic nitrogens is 2. The van der Waals surface area contributed by atoms with E-state index in [9.17, 15) is 9.18 Å². The molecule has 4 rings (SSSR count). The lowest BCUT2D eigenvalue weighted by molar-refractivity contribution is -0.0346. The molecule has 0 spiro atoms. The number of carbonyl (C=O) groups is 1. The van der Waals surface area contributed by atoms with Crippen molar-refractivity contribution >= 4 is 29.1 Å². The highest BCUT2D eigenvalue weighted by atomic mass is 35.5. The van der Waals surface area contributed by atoms with Crippen molar-refractivity contribution in [2.24, 2.45) is 7.05 Å². The van der Waals surface area contributed by atoms with Gasteiger partial charge in [-0.2, -0.15) is 5.10 Å². The average Bonchev–Trinajstić information content (AvgIpc) is 3.17. The van der Waals surface area contributed by atoms with Gasteiger partial charge in [-0.25, -0.2) is 4.39 Å². The Morgan fingerprint density at radius 1 is 1.24 bits per heavy atom. The molecule has 1 N–H and O–H groups in total.